The zero-order valence-electron chi connectivity index (χ0n) is 9.07. The number of nitriles is 1. The van der Waals surface area contributed by atoms with Gasteiger partial charge in [-0.05, 0) is 13.1 Å². The summed E-state index contributed by atoms with van der Waals surface area (Å²) in [6, 6.07) is 4.63. The average molecular weight is 220 g/mol. The maximum atomic E-state index is 11.6. The van der Waals surface area contributed by atoms with Gasteiger partial charge >= 0.3 is 0 Å². The van der Waals surface area contributed by atoms with Crippen LogP contribution in [0.2, 0.25) is 0 Å². The zero-order chi connectivity index (χ0) is 12.1. The molecule has 0 aliphatic carbocycles. The first-order valence-electron chi connectivity index (χ1n) is 4.63. The molecule has 0 bridgehead atoms. The van der Waals surface area contributed by atoms with Crippen LogP contribution in [0.5, 0.6) is 11.5 Å². The lowest BCUT2D eigenvalue weighted by Gasteiger charge is -2.08. The Labute approximate surface area is 93.3 Å². The van der Waals surface area contributed by atoms with E-state index in [1.165, 1.54) is 19.2 Å². The number of nitrogens with one attached hydrogen (secondary N) is 1. The van der Waals surface area contributed by atoms with Crippen molar-refractivity contribution in [3.8, 4) is 17.6 Å². The van der Waals surface area contributed by atoms with E-state index in [1.54, 1.807) is 7.05 Å². The molecule has 0 saturated heterocycles. The molecule has 1 aromatic rings. The molecule has 16 heavy (non-hydrogen) atoms. The van der Waals surface area contributed by atoms with Gasteiger partial charge in [0.05, 0.1) is 30.9 Å². The maximum Gasteiger partial charge on any atom is 0.180 e. The van der Waals surface area contributed by atoms with E-state index in [1.807, 2.05) is 6.07 Å². The summed E-state index contributed by atoms with van der Waals surface area (Å²) in [5.74, 6) is -0.407. The van der Waals surface area contributed by atoms with Crippen molar-refractivity contribution in [2.75, 3.05) is 20.7 Å². The lowest BCUT2D eigenvalue weighted by Crippen LogP contribution is -2.18. The first-order valence-corrected chi connectivity index (χ1v) is 4.63. The Balaban J connectivity index is 3.27. The third-order valence-corrected chi connectivity index (χ3v) is 2.06. The van der Waals surface area contributed by atoms with Crippen molar-refractivity contribution in [2.45, 2.75) is 0 Å². The second kappa shape index (κ2) is 5.14. The molecule has 2 N–H and O–H groups in total. The maximum absolute atomic E-state index is 11.6. The number of ketones is 1. The van der Waals surface area contributed by atoms with E-state index < -0.39 is 0 Å². The van der Waals surface area contributed by atoms with Crippen LogP contribution in [-0.4, -0.2) is 31.6 Å². The number of nitrogens with zero attached hydrogens (tertiary/aromatic N) is 1. The number of likely N-dealkylation sites (N-methyl/N-ethyl adjacent to an activating group) is 1. The van der Waals surface area contributed by atoms with Gasteiger partial charge in [0.1, 0.15) is 0 Å². The van der Waals surface area contributed by atoms with Gasteiger partial charge in [0.25, 0.3) is 0 Å². The molecular formula is C11H12N2O3. The van der Waals surface area contributed by atoms with Crippen LogP contribution in [0, 0.1) is 11.3 Å². The standard InChI is InChI=1S/C11H12N2O3/c1-13-6-9(14)8-3-7(5-12)4-10(16-2)11(8)15/h3-4,13,15H,6H2,1-2H3. The summed E-state index contributed by atoms with van der Waals surface area (Å²) in [7, 11) is 2.99. The number of hydrogen-bond acceptors (Lipinski definition) is 5. The Morgan fingerprint density at radius 1 is 1.62 bits per heavy atom. The molecule has 0 radical (unpaired) electrons. The summed E-state index contributed by atoms with van der Waals surface area (Å²) >= 11 is 0. The van der Waals surface area contributed by atoms with E-state index >= 15 is 0 Å². The molecule has 0 fully saturated rings. The van der Waals surface area contributed by atoms with Gasteiger partial charge in [0, 0.05) is 6.07 Å². The van der Waals surface area contributed by atoms with Crippen molar-refractivity contribution in [1.82, 2.24) is 5.32 Å². The molecule has 0 aliphatic heterocycles. The lowest BCUT2D eigenvalue weighted by molar-refractivity contribution is 0.0990. The van der Waals surface area contributed by atoms with Gasteiger partial charge in [-0.1, -0.05) is 0 Å². The number of methoxy groups -OCH3 is 1. The fourth-order valence-corrected chi connectivity index (χ4v) is 1.30. The number of Topliss-reactive ketones (excluding diaryl/α,β-unsaturated/α-hetero) is 1. The van der Waals surface area contributed by atoms with Gasteiger partial charge < -0.3 is 15.2 Å². The summed E-state index contributed by atoms with van der Waals surface area (Å²) in [5.41, 5.74) is 0.361. The zero-order valence-corrected chi connectivity index (χ0v) is 9.07. The molecular weight excluding hydrogens is 208 g/mol. The molecule has 5 heteroatoms. The van der Waals surface area contributed by atoms with Crippen LogP contribution >= 0.6 is 0 Å². The minimum atomic E-state index is -0.296. The van der Waals surface area contributed by atoms with Crippen molar-refractivity contribution < 1.29 is 14.6 Å². The lowest BCUT2D eigenvalue weighted by atomic mass is 10.1. The fourth-order valence-electron chi connectivity index (χ4n) is 1.30. The number of ether oxygens (including phenoxy) is 1. The normalized spacial score (nSPS) is 9.56. The highest BCUT2D eigenvalue weighted by Gasteiger charge is 2.16. The van der Waals surface area contributed by atoms with E-state index in [-0.39, 0.29) is 35.0 Å². The minimum absolute atomic E-state index is 0.0882. The van der Waals surface area contributed by atoms with Crippen molar-refractivity contribution in [3.63, 3.8) is 0 Å². The molecule has 0 aliphatic rings. The number of rotatable bonds is 4. The number of phenols is 1. The molecule has 5 nitrogen and oxygen atoms in total. The van der Waals surface area contributed by atoms with Crippen LogP contribution in [-0.2, 0) is 0 Å². The molecule has 1 rings (SSSR count). The number of carbonyl (C=O) groups excluding carboxylic acids is 1. The highest BCUT2D eigenvalue weighted by molar-refractivity contribution is 6.01. The second-order valence-corrected chi connectivity index (χ2v) is 3.14. The van der Waals surface area contributed by atoms with E-state index in [9.17, 15) is 9.90 Å². The van der Waals surface area contributed by atoms with Gasteiger partial charge in [-0.3, -0.25) is 4.79 Å². The molecule has 0 amide bonds. The fraction of sp³-hybridized carbons (Fsp3) is 0.273. The van der Waals surface area contributed by atoms with Crippen LogP contribution in [0.3, 0.4) is 0 Å². The number of carbonyl (C=O) groups is 1. The van der Waals surface area contributed by atoms with Gasteiger partial charge in [0.15, 0.2) is 17.3 Å². The van der Waals surface area contributed by atoms with Crippen LogP contribution < -0.4 is 10.1 Å². The van der Waals surface area contributed by atoms with Gasteiger partial charge in [-0.2, -0.15) is 5.26 Å². The average Bonchev–Trinajstić information content (AvgIpc) is 2.29. The molecule has 0 unspecified atom stereocenters. The van der Waals surface area contributed by atoms with Gasteiger partial charge in [-0.15, -0.1) is 0 Å². The number of benzene rings is 1. The van der Waals surface area contributed by atoms with Gasteiger partial charge in [-0.25, -0.2) is 0 Å². The third kappa shape index (κ3) is 2.30. The van der Waals surface area contributed by atoms with E-state index in [4.69, 9.17) is 10.00 Å². The highest BCUT2D eigenvalue weighted by Crippen LogP contribution is 2.31. The van der Waals surface area contributed by atoms with E-state index in [0.717, 1.165) is 0 Å². The quantitative estimate of drug-likeness (QED) is 0.729. The SMILES string of the molecule is CNCC(=O)c1cc(C#N)cc(OC)c1O. The monoisotopic (exact) mass is 220 g/mol. The molecule has 0 atom stereocenters. The predicted molar refractivity (Wildman–Crippen MR) is 57.6 cm³/mol. The first kappa shape index (κ1) is 12.0. The second-order valence-electron chi connectivity index (χ2n) is 3.14. The summed E-state index contributed by atoms with van der Waals surface area (Å²) < 4.78 is 4.88. The van der Waals surface area contributed by atoms with Crippen LogP contribution in [0.1, 0.15) is 15.9 Å². The summed E-state index contributed by atoms with van der Waals surface area (Å²) in [6.07, 6.45) is 0. The highest BCUT2D eigenvalue weighted by atomic mass is 16.5. The molecule has 0 aromatic heterocycles. The smallest absolute Gasteiger partial charge is 0.180 e. The summed E-state index contributed by atoms with van der Waals surface area (Å²) in [5, 5.41) is 21.2. The number of phenolic OH excluding ortho intramolecular Hbond substituents is 1. The van der Waals surface area contributed by atoms with Crippen molar-refractivity contribution in [2.24, 2.45) is 0 Å². The van der Waals surface area contributed by atoms with E-state index in [2.05, 4.69) is 5.32 Å². The van der Waals surface area contributed by atoms with Crippen molar-refractivity contribution >= 4 is 5.78 Å². The Morgan fingerprint density at radius 3 is 2.81 bits per heavy atom. The summed E-state index contributed by atoms with van der Waals surface area (Å²) in [4.78, 5) is 11.6. The Morgan fingerprint density at radius 2 is 2.31 bits per heavy atom. The van der Waals surface area contributed by atoms with Crippen molar-refractivity contribution in [3.05, 3.63) is 23.3 Å². The molecule has 1 aromatic carbocycles. The number of hydrogen-bond donors (Lipinski definition) is 2. The summed E-state index contributed by atoms with van der Waals surface area (Å²) in [6.45, 7) is 0.0889. The van der Waals surface area contributed by atoms with Crippen LogP contribution in [0.4, 0.5) is 0 Å². The third-order valence-electron chi connectivity index (χ3n) is 2.06. The van der Waals surface area contributed by atoms with E-state index in [0.29, 0.717) is 0 Å². The largest absolute Gasteiger partial charge is 0.504 e. The number of aromatic hydroxyl groups is 1. The minimum Gasteiger partial charge on any atom is -0.504 e. The molecule has 0 heterocycles. The Hall–Kier alpha value is -2.06. The molecule has 84 valence electrons. The molecule has 0 spiro atoms. The van der Waals surface area contributed by atoms with Crippen molar-refractivity contribution in [1.29, 1.82) is 5.26 Å². The molecule has 0 saturated carbocycles. The first-order chi connectivity index (χ1) is 7.63. The Kier molecular flexibility index (Phi) is 3.86. The predicted octanol–water partition coefficient (Wildman–Crippen LogP) is 0.675. The van der Waals surface area contributed by atoms with Crippen LogP contribution in [0.25, 0.3) is 0 Å². The van der Waals surface area contributed by atoms with Crippen LogP contribution in [0.15, 0.2) is 12.1 Å². The topological polar surface area (TPSA) is 82.4 Å². The Bertz CT molecular complexity index is 449. The van der Waals surface area contributed by atoms with Gasteiger partial charge in [0.2, 0.25) is 0 Å².